The molecular weight excluding hydrogens is 290 g/mol. The Morgan fingerprint density at radius 1 is 1.27 bits per heavy atom. The van der Waals surface area contributed by atoms with Crippen LogP contribution in [0.3, 0.4) is 0 Å². The molecule has 0 aromatic heterocycles. The highest BCUT2D eigenvalue weighted by Crippen LogP contribution is 2.32. The van der Waals surface area contributed by atoms with Gasteiger partial charge in [-0.25, -0.2) is 4.79 Å². The molecule has 2 N–H and O–H groups in total. The molecule has 2 heterocycles. The van der Waals surface area contributed by atoms with Crippen molar-refractivity contribution in [3.05, 3.63) is 23.8 Å². The standard InChI is InChI=1S/C15H17NO6/c17-10-3-4-16(11(7-10)15(19)20)14(18)6-9-1-2-12-13(5-9)22-8-21-12/h1-2,5,10-11,17H,3-4,6-8H2,(H,19,20)/t10-,11+/m0/s1. The van der Waals surface area contributed by atoms with Crippen LogP contribution in [0.25, 0.3) is 0 Å². The van der Waals surface area contributed by atoms with E-state index < -0.39 is 18.1 Å². The average molecular weight is 307 g/mol. The normalized spacial score (nSPS) is 23.4. The number of aliphatic hydroxyl groups is 1. The molecule has 0 saturated carbocycles. The third-order valence-electron chi connectivity index (χ3n) is 3.97. The molecule has 7 heteroatoms. The lowest BCUT2D eigenvalue weighted by atomic mass is 9.98. The lowest BCUT2D eigenvalue weighted by molar-refractivity contribution is -0.154. The van der Waals surface area contributed by atoms with Crippen LogP contribution in [-0.4, -0.2) is 52.5 Å². The first-order chi connectivity index (χ1) is 10.5. The maximum Gasteiger partial charge on any atom is 0.326 e. The maximum absolute atomic E-state index is 12.4. The summed E-state index contributed by atoms with van der Waals surface area (Å²) in [5.74, 6) is -0.120. The molecule has 0 spiro atoms. The van der Waals surface area contributed by atoms with Gasteiger partial charge in [0, 0.05) is 13.0 Å². The van der Waals surface area contributed by atoms with E-state index in [1.54, 1.807) is 18.2 Å². The number of carboxylic acids is 1. The van der Waals surface area contributed by atoms with Crippen molar-refractivity contribution in [1.82, 2.24) is 4.90 Å². The van der Waals surface area contributed by atoms with Gasteiger partial charge >= 0.3 is 5.97 Å². The number of ether oxygens (including phenoxy) is 2. The number of benzene rings is 1. The fourth-order valence-corrected chi connectivity index (χ4v) is 2.81. The Morgan fingerprint density at radius 3 is 2.82 bits per heavy atom. The maximum atomic E-state index is 12.4. The molecule has 118 valence electrons. The summed E-state index contributed by atoms with van der Waals surface area (Å²) < 4.78 is 10.5. The number of amides is 1. The summed E-state index contributed by atoms with van der Waals surface area (Å²) in [5.41, 5.74) is 0.740. The van der Waals surface area contributed by atoms with E-state index >= 15 is 0 Å². The first kappa shape index (κ1) is 14.6. The molecule has 2 aliphatic heterocycles. The van der Waals surface area contributed by atoms with Gasteiger partial charge in [-0.15, -0.1) is 0 Å². The predicted octanol–water partition coefficient (Wildman–Crippen LogP) is 0.394. The molecule has 1 saturated heterocycles. The third-order valence-corrected chi connectivity index (χ3v) is 3.97. The van der Waals surface area contributed by atoms with Gasteiger partial charge < -0.3 is 24.6 Å². The van der Waals surface area contributed by atoms with Gasteiger partial charge in [-0.3, -0.25) is 4.79 Å². The first-order valence-electron chi connectivity index (χ1n) is 7.13. The summed E-state index contributed by atoms with van der Waals surface area (Å²) in [7, 11) is 0. The van der Waals surface area contributed by atoms with Crippen LogP contribution in [0.4, 0.5) is 0 Å². The number of carbonyl (C=O) groups excluding carboxylic acids is 1. The first-order valence-corrected chi connectivity index (χ1v) is 7.13. The van der Waals surface area contributed by atoms with Crippen molar-refractivity contribution in [2.45, 2.75) is 31.4 Å². The van der Waals surface area contributed by atoms with E-state index in [2.05, 4.69) is 0 Å². The second-order valence-electron chi connectivity index (χ2n) is 5.48. The van der Waals surface area contributed by atoms with Crippen molar-refractivity contribution in [2.75, 3.05) is 13.3 Å². The molecule has 3 rings (SSSR count). The number of aliphatic hydroxyl groups excluding tert-OH is 1. The number of aliphatic carboxylic acids is 1. The number of likely N-dealkylation sites (tertiary alicyclic amines) is 1. The van der Waals surface area contributed by atoms with Crippen LogP contribution in [0.5, 0.6) is 11.5 Å². The molecule has 0 aliphatic carbocycles. The zero-order chi connectivity index (χ0) is 15.7. The number of rotatable bonds is 3. The van der Waals surface area contributed by atoms with Gasteiger partial charge in [-0.1, -0.05) is 6.07 Å². The Balaban J connectivity index is 1.71. The van der Waals surface area contributed by atoms with Gasteiger partial charge in [0.2, 0.25) is 12.7 Å². The van der Waals surface area contributed by atoms with Crippen molar-refractivity contribution in [3.63, 3.8) is 0 Å². The fraction of sp³-hybridized carbons (Fsp3) is 0.467. The molecule has 2 atom stereocenters. The van der Waals surface area contributed by atoms with Crippen molar-refractivity contribution in [1.29, 1.82) is 0 Å². The Labute approximate surface area is 127 Å². The summed E-state index contributed by atoms with van der Waals surface area (Å²) in [6, 6.07) is 4.26. The summed E-state index contributed by atoms with van der Waals surface area (Å²) in [4.78, 5) is 25.0. The quantitative estimate of drug-likeness (QED) is 0.839. The van der Waals surface area contributed by atoms with Crippen LogP contribution in [0.1, 0.15) is 18.4 Å². The minimum atomic E-state index is -1.09. The topological polar surface area (TPSA) is 96.3 Å². The van der Waals surface area contributed by atoms with Gasteiger partial charge in [0.05, 0.1) is 12.5 Å². The van der Waals surface area contributed by atoms with E-state index in [1.165, 1.54) is 4.90 Å². The molecule has 0 radical (unpaired) electrons. The van der Waals surface area contributed by atoms with Crippen LogP contribution < -0.4 is 9.47 Å². The molecule has 7 nitrogen and oxygen atoms in total. The monoisotopic (exact) mass is 307 g/mol. The molecule has 0 bridgehead atoms. The number of fused-ring (bicyclic) bond motifs is 1. The predicted molar refractivity (Wildman–Crippen MR) is 74.6 cm³/mol. The highest BCUT2D eigenvalue weighted by Gasteiger charge is 2.35. The summed E-state index contributed by atoms with van der Waals surface area (Å²) in [6.45, 7) is 0.416. The SMILES string of the molecule is O=C(O)[C@H]1C[C@@H](O)CCN1C(=O)Cc1ccc2c(c1)OCO2. The van der Waals surface area contributed by atoms with Crippen LogP contribution in [-0.2, 0) is 16.0 Å². The Kier molecular flexibility index (Phi) is 3.89. The molecule has 1 aromatic rings. The molecule has 1 amide bonds. The fourth-order valence-electron chi connectivity index (χ4n) is 2.81. The lowest BCUT2D eigenvalue weighted by Gasteiger charge is -2.35. The van der Waals surface area contributed by atoms with E-state index in [9.17, 15) is 19.8 Å². The third kappa shape index (κ3) is 2.85. The zero-order valence-corrected chi connectivity index (χ0v) is 11.9. The van der Waals surface area contributed by atoms with Crippen LogP contribution >= 0.6 is 0 Å². The van der Waals surface area contributed by atoms with E-state index in [1.807, 2.05) is 0 Å². The van der Waals surface area contributed by atoms with Crippen LogP contribution in [0.15, 0.2) is 18.2 Å². The lowest BCUT2D eigenvalue weighted by Crippen LogP contribution is -2.51. The highest BCUT2D eigenvalue weighted by molar-refractivity contribution is 5.85. The number of nitrogens with zero attached hydrogens (tertiary/aromatic N) is 1. The average Bonchev–Trinajstić information content (AvgIpc) is 2.94. The number of piperidine rings is 1. The van der Waals surface area contributed by atoms with Gasteiger partial charge in [0.15, 0.2) is 11.5 Å². The van der Waals surface area contributed by atoms with Crippen molar-refractivity contribution < 1.29 is 29.3 Å². The number of hydrogen-bond acceptors (Lipinski definition) is 5. The zero-order valence-electron chi connectivity index (χ0n) is 11.9. The van der Waals surface area contributed by atoms with E-state index in [0.717, 1.165) is 5.56 Å². The minimum absolute atomic E-state index is 0.0716. The Morgan fingerprint density at radius 2 is 2.05 bits per heavy atom. The second kappa shape index (κ2) is 5.84. The van der Waals surface area contributed by atoms with Crippen molar-refractivity contribution in [2.24, 2.45) is 0 Å². The molecular formula is C15H17NO6. The molecule has 1 aromatic carbocycles. The molecule has 22 heavy (non-hydrogen) atoms. The van der Waals surface area contributed by atoms with Gasteiger partial charge in [-0.2, -0.15) is 0 Å². The summed E-state index contributed by atoms with van der Waals surface area (Å²) >= 11 is 0. The number of carbonyl (C=O) groups is 2. The molecule has 0 unspecified atom stereocenters. The van der Waals surface area contributed by atoms with E-state index in [-0.39, 0.29) is 32.1 Å². The second-order valence-corrected chi connectivity index (χ2v) is 5.48. The smallest absolute Gasteiger partial charge is 0.326 e. The van der Waals surface area contributed by atoms with Gasteiger partial charge in [-0.05, 0) is 24.1 Å². The van der Waals surface area contributed by atoms with Crippen molar-refractivity contribution >= 4 is 11.9 Å². The summed E-state index contributed by atoms with van der Waals surface area (Å²) in [5, 5.41) is 18.8. The Bertz CT molecular complexity index is 602. The van der Waals surface area contributed by atoms with Gasteiger partial charge in [0.25, 0.3) is 0 Å². The van der Waals surface area contributed by atoms with E-state index in [0.29, 0.717) is 17.9 Å². The molecule has 1 fully saturated rings. The summed E-state index contributed by atoms with van der Waals surface area (Å²) in [6.07, 6.45) is -0.106. The number of carboxylic acid groups (broad SMARTS) is 1. The highest BCUT2D eigenvalue weighted by atomic mass is 16.7. The number of hydrogen-bond donors (Lipinski definition) is 2. The Hall–Kier alpha value is -2.28. The van der Waals surface area contributed by atoms with E-state index in [4.69, 9.17) is 9.47 Å². The van der Waals surface area contributed by atoms with Crippen LogP contribution in [0.2, 0.25) is 0 Å². The van der Waals surface area contributed by atoms with Gasteiger partial charge in [0.1, 0.15) is 6.04 Å². The largest absolute Gasteiger partial charge is 0.480 e. The minimum Gasteiger partial charge on any atom is -0.480 e. The molecule has 2 aliphatic rings. The van der Waals surface area contributed by atoms with Crippen LogP contribution in [0, 0.1) is 0 Å². The van der Waals surface area contributed by atoms with Crippen molar-refractivity contribution in [3.8, 4) is 11.5 Å².